The van der Waals surface area contributed by atoms with Crippen LogP contribution < -0.4 is 10.5 Å². The van der Waals surface area contributed by atoms with E-state index in [9.17, 15) is 9.59 Å². The molecule has 2 aromatic carbocycles. The SMILES string of the molecule is Cc1ccc(OCC(=O)n2cc(C(N)=O)c3ccccc32)cc1C. The minimum absolute atomic E-state index is 0.126. The van der Waals surface area contributed by atoms with Gasteiger partial charge in [-0.15, -0.1) is 0 Å². The van der Waals surface area contributed by atoms with Gasteiger partial charge in [0.05, 0.1) is 11.1 Å². The van der Waals surface area contributed by atoms with Crippen molar-refractivity contribution < 1.29 is 14.3 Å². The smallest absolute Gasteiger partial charge is 0.269 e. The summed E-state index contributed by atoms with van der Waals surface area (Å²) in [5.41, 5.74) is 8.62. The summed E-state index contributed by atoms with van der Waals surface area (Å²) in [6.45, 7) is 3.88. The molecular formula is C19H18N2O3. The molecule has 0 unspecified atom stereocenters. The first-order chi connectivity index (χ1) is 11.5. The minimum atomic E-state index is -0.562. The van der Waals surface area contributed by atoms with E-state index in [0.717, 1.165) is 11.1 Å². The van der Waals surface area contributed by atoms with Crippen LogP contribution in [0.4, 0.5) is 0 Å². The van der Waals surface area contributed by atoms with Crippen LogP contribution in [-0.2, 0) is 0 Å². The molecule has 0 atom stereocenters. The van der Waals surface area contributed by atoms with E-state index in [1.54, 1.807) is 24.3 Å². The van der Waals surface area contributed by atoms with E-state index in [4.69, 9.17) is 10.5 Å². The number of hydrogen-bond acceptors (Lipinski definition) is 3. The van der Waals surface area contributed by atoms with E-state index in [1.807, 2.05) is 32.0 Å². The minimum Gasteiger partial charge on any atom is -0.484 e. The number of aromatic nitrogens is 1. The Bertz CT molecular complexity index is 941. The molecule has 5 heteroatoms. The van der Waals surface area contributed by atoms with Crippen molar-refractivity contribution >= 4 is 22.7 Å². The predicted molar refractivity (Wildman–Crippen MR) is 92.5 cm³/mol. The van der Waals surface area contributed by atoms with Gasteiger partial charge < -0.3 is 10.5 Å². The zero-order valence-corrected chi connectivity index (χ0v) is 13.6. The summed E-state index contributed by atoms with van der Waals surface area (Å²) in [6, 6.07) is 12.8. The topological polar surface area (TPSA) is 74.3 Å². The summed E-state index contributed by atoms with van der Waals surface area (Å²) < 4.78 is 7.00. The van der Waals surface area contributed by atoms with Crippen LogP contribution in [0.25, 0.3) is 10.9 Å². The molecule has 24 heavy (non-hydrogen) atoms. The van der Waals surface area contributed by atoms with Crippen molar-refractivity contribution in [1.29, 1.82) is 0 Å². The van der Waals surface area contributed by atoms with Crippen LogP contribution in [0.3, 0.4) is 0 Å². The Morgan fingerprint density at radius 1 is 1.08 bits per heavy atom. The lowest BCUT2D eigenvalue weighted by atomic mass is 10.1. The normalized spacial score (nSPS) is 10.8. The molecule has 0 bridgehead atoms. The average Bonchev–Trinajstić information content (AvgIpc) is 2.96. The Labute approximate surface area is 139 Å². The maximum atomic E-state index is 12.5. The zero-order chi connectivity index (χ0) is 17.3. The van der Waals surface area contributed by atoms with E-state index in [2.05, 4.69) is 0 Å². The lowest BCUT2D eigenvalue weighted by Crippen LogP contribution is -2.19. The quantitative estimate of drug-likeness (QED) is 0.802. The van der Waals surface area contributed by atoms with Gasteiger partial charge in [0.15, 0.2) is 6.61 Å². The van der Waals surface area contributed by atoms with Gasteiger partial charge >= 0.3 is 0 Å². The molecule has 0 spiro atoms. The molecule has 2 N–H and O–H groups in total. The van der Waals surface area contributed by atoms with E-state index >= 15 is 0 Å². The highest BCUT2D eigenvalue weighted by molar-refractivity contribution is 6.08. The predicted octanol–water partition coefficient (Wildman–Crippen LogP) is 3.08. The van der Waals surface area contributed by atoms with Crippen molar-refractivity contribution in [1.82, 2.24) is 4.57 Å². The molecule has 3 rings (SSSR count). The summed E-state index contributed by atoms with van der Waals surface area (Å²) in [5.74, 6) is -0.192. The van der Waals surface area contributed by atoms with Crippen LogP contribution >= 0.6 is 0 Å². The Morgan fingerprint density at radius 3 is 2.54 bits per heavy atom. The lowest BCUT2D eigenvalue weighted by molar-refractivity contribution is 0.0843. The number of nitrogens with zero attached hydrogens (tertiary/aromatic N) is 1. The number of benzene rings is 2. The fourth-order valence-corrected chi connectivity index (χ4v) is 2.60. The highest BCUT2D eigenvalue weighted by Crippen LogP contribution is 2.21. The molecule has 1 heterocycles. The van der Waals surface area contributed by atoms with Gasteiger partial charge in [-0.05, 0) is 43.2 Å². The first-order valence-corrected chi connectivity index (χ1v) is 7.60. The molecule has 122 valence electrons. The van der Waals surface area contributed by atoms with Gasteiger partial charge in [-0.25, -0.2) is 0 Å². The van der Waals surface area contributed by atoms with Gasteiger partial charge in [0.2, 0.25) is 0 Å². The molecule has 0 aliphatic carbocycles. The largest absolute Gasteiger partial charge is 0.484 e. The summed E-state index contributed by atoms with van der Waals surface area (Å²) in [7, 11) is 0. The van der Waals surface area contributed by atoms with Gasteiger partial charge in [-0.2, -0.15) is 0 Å². The molecule has 1 aromatic heterocycles. The standard InChI is InChI=1S/C19H18N2O3/c1-12-7-8-14(9-13(12)2)24-11-18(22)21-10-16(19(20)23)15-5-3-4-6-17(15)21/h3-10H,11H2,1-2H3,(H2,20,23). The van der Waals surface area contributed by atoms with E-state index in [0.29, 0.717) is 22.2 Å². The van der Waals surface area contributed by atoms with E-state index < -0.39 is 5.91 Å². The van der Waals surface area contributed by atoms with E-state index in [-0.39, 0.29) is 12.5 Å². The molecule has 0 fully saturated rings. The summed E-state index contributed by atoms with van der Waals surface area (Å²) in [5, 5.41) is 0.657. The Balaban J connectivity index is 1.86. The maximum Gasteiger partial charge on any atom is 0.269 e. The average molecular weight is 322 g/mol. The fourth-order valence-electron chi connectivity index (χ4n) is 2.60. The molecule has 1 amide bonds. The first-order valence-electron chi connectivity index (χ1n) is 7.60. The van der Waals surface area contributed by atoms with Crippen LogP contribution in [0, 0.1) is 13.8 Å². The molecule has 0 aliphatic rings. The Morgan fingerprint density at radius 2 is 1.83 bits per heavy atom. The van der Waals surface area contributed by atoms with Crippen molar-refractivity contribution in [2.75, 3.05) is 6.61 Å². The number of rotatable bonds is 4. The molecule has 5 nitrogen and oxygen atoms in total. The number of aryl methyl sites for hydroxylation is 2. The van der Waals surface area contributed by atoms with E-state index in [1.165, 1.54) is 10.8 Å². The molecule has 0 radical (unpaired) electrons. The number of para-hydroxylation sites is 1. The van der Waals surface area contributed by atoms with Crippen LogP contribution in [-0.4, -0.2) is 23.0 Å². The zero-order valence-electron chi connectivity index (χ0n) is 13.6. The second kappa shape index (κ2) is 6.20. The molecule has 0 saturated heterocycles. The number of nitrogens with two attached hydrogens (primary N) is 1. The van der Waals surface area contributed by atoms with Crippen molar-refractivity contribution in [3.05, 3.63) is 65.4 Å². The molecule has 3 aromatic rings. The Hall–Kier alpha value is -3.08. The van der Waals surface area contributed by atoms with Crippen LogP contribution in [0.15, 0.2) is 48.7 Å². The van der Waals surface area contributed by atoms with Crippen LogP contribution in [0.1, 0.15) is 26.3 Å². The van der Waals surface area contributed by atoms with Crippen molar-refractivity contribution in [3.8, 4) is 5.75 Å². The van der Waals surface area contributed by atoms with Gasteiger partial charge in [-0.3, -0.25) is 14.2 Å². The lowest BCUT2D eigenvalue weighted by Gasteiger charge is -2.09. The number of primary amides is 1. The monoisotopic (exact) mass is 322 g/mol. The van der Waals surface area contributed by atoms with Gasteiger partial charge in [-0.1, -0.05) is 24.3 Å². The van der Waals surface area contributed by atoms with Crippen molar-refractivity contribution in [3.63, 3.8) is 0 Å². The third kappa shape index (κ3) is 2.88. The van der Waals surface area contributed by atoms with Crippen molar-refractivity contribution in [2.45, 2.75) is 13.8 Å². The third-order valence-electron chi connectivity index (χ3n) is 4.09. The first kappa shape index (κ1) is 15.8. The molecular weight excluding hydrogens is 304 g/mol. The number of fused-ring (bicyclic) bond motifs is 1. The summed E-state index contributed by atoms with van der Waals surface area (Å²) >= 11 is 0. The van der Waals surface area contributed by atoms with Gasteiger partial charge in [0, 0.05) is 11.6 Å². The number of carbonyl (C=O) groups excluding carboxylic acids is 2. The van der Waals surface area contributed by atoms with Crippen LogP contribution in [0.2, 0.25) is 0 Å². The highest BCUT2D eigenvalue weighted by atomic mass is 16.5. The van der Waals surface area contributed by atoms with Crippen LogP contribution in [0.5, 0.6) is 5.75 Å². The van der Waals surface area contributed by atoms with Crippen molar-refractivity contribution in [2.24, 2.45) is 5.73 Å². The number of ether oxygens (including phenoxy) is 1. The highest BCUT2D eigenvalue weighted by Gasteiger charge is 2.16. The second-order valence-electron chi connectivity index (χ2n) is 5.72. The maximum absolute atomic E-state index is 12.5. The molecule has 0 aliphatic heterocycles. The van der Waals surface area contributed by atoms with Gasteiger partial charge in [0.25, 0.3) is 11.8 Å². The number of amides is 1. The molecule has 0 saturated carbocycles. The fraction of sp³-hybridized carbons (Fsp3) is 0.158. The summed E-state index contributed by atoms with van der Waals surface area (Å²) in [6.07, 6.45) is 1.47. The number of hydrogen-bond donors (Lipinski definition) is 1. The Kier molecular flexibility index (Phi) is 4.08. The summed E-state index contributed by atoms with van der Waals surface area (Å²) in [4.78, 5) is 24.1. The second-order valence-corrected chi connectivity index (χ2v) is 5.72. The third-order valence-corrected chi connectivity index (χ3v) is 4.09. The number of carbonyl (C=O) groups is 2. The van der Waals surface area contributed by atoms with Gasteiger partial charge in [0.1, 0.15) is 5.75 Å².